The number of nitrogens with zero attached hydrogens (tertiary/aromatic N) is 2. The van der Waals surface area contributed by atoms with E-state index in [1.54, 1.807) is 38.5 Å². The van der Waals surface area contributed by atoms with Gasteiger partial charge in [-0.1, -0.05) is 18.2 Å². The van der Waals surface area contributed by atoms with Crippen molar-refractivity contribution < 1.29 is 23.4 Å². The van der Waals surface area contributed by atoms with Gasteiger partial charge in [-0.15, -0.1) is 10.2 Å². The number of benzene rings is 2. The van der Waals surface area contributed by atoms with Crippen molar-refractivity contribution in [2.75, 3.05) is 14.2 Å². The van der Waals surface area contributed by atoms with E-state index in [1.165, 1.54) is 6.08 Å². The van der Waals surface area contributed by atoms with Gasteiger partial charge in [0.2, 0.25) is 5.89 Å². The number of carbonyl (C=O) groups is 1. The lowest BCUT2D eigenvalue weighted by molar-refractivity contribution is -0.139. The molecule has 3 rings (SSSR count). The predicted molar refractivity (Wildman–Crippen MR) is 98.1 cm³/mol. The van der Waals surface area contributed by atoms with Crippen molar-refractivity contribution in [3.05, 3.63) is 66.1 Å². The van der Waals surface area contributed by atoms with Crippen LogP contribution in [-0.2, 0) is 16.1 Å². The summed E-state index contributed by atoms with van der Waals surface area (Å²) >= 11 is 0. The van der Waals surface area contributed by atoms with Crippen LogP contribution in [0.15, 0.2) is 59.0 Å². The Balaban J connectivity index is 1.59. The Kier molecular flexibility index (Phi) is 5.84. The van der Waals surface area contributed by atoms with E-state index >= 15 is 0 Å². The van der Waals surface area contributed by atoms with Crippen LogP contribution in [0.2, 0.25) is 0 Å². The highest BCUT2D eigenvalue weighted by molar-refractivity contribution is 5.87. The lowest BCUT2D eigenvalue weighted by Gasteiger charge is -2.07. The third kappa shape index (κ3) is 4.72. The highest BCUT2D eigenvalue weighted by atomic mass is 16.5. The standard InChI is InChI=1S/C20H18N2O5/c1-24-16-10-8-14(17(12-16)25-2)9-11-19(23)26-13-18-21-22-20(27-18)15-6-4-3-5-7-15/h3-12H,13H2,1-2H3/b11-9+. The highest BCUT2D eigenvalue weighted by Crippen LogP contribution is 2.25. The van der Waals surface area contributed by atoms with Gasteiger partial charge in [-0.2, -0.15) is 0 Å². The van der Waals surface area contributed by atoms with E-state index in [2.05, 4.69) is 10.2 Å². The van der Waals surface area contributed by atoms with Gasteiger partial charge in [-0.25, -0.2) is 4.79 Å². The first-order chi connectivity index (χ1) is 13.2. The zero-order valence-corrected chi connectivity index (χ0v) is 14.9. The number of carbonyl (C=O) groups excluding carboxylic acids is 1. The van der Waals surface area contributed by atoms with Crippen LogP contribution < -0.4 is 9.47 Å². The van der Waals surface area contributed by atoms with E-state index in [0.29, 0.717) is 17.4 Å². The number of hydrogen-bond donors (Lipinski definition) is 0. The fourth-order valence-corrected chi connectivity index (χ4v) is 2.30. The van der Waals surface area contributed by atoms with E-state index in [-0.39, 0.29) is 12.5 Å². The molecule has 2 aromatic carbocycles. The summed E-state index contributed by atoms with van der Waals surface area (Å²) in [6.07, 6.45) is 2.91. The Hall–Kier alpha value is -3.61. The largest absolute Gasteiger partial charge is 0.497 e. The Morgan fingerprint density at radius 3 is 2.63 bits per heavy atom. The van der Waals surface area contributed by atoms with Crippen LogP contribution in [0.4, 0.5) is 0 Å². The molecule has 0 aliphatic heterocycles. The molecule has 1 heterocycles. The van der Waals surface area contributed by atoms with Crippen LogP contribution in [0, 0.1) is 0 Å². The molecule has 0 saturated heterocycles. The molecule has 0 unspecified atom stereocenters. The first-order valence-corrected chi connectivity index (χ1v) is 8.14. The maximum absolute atomic E-state index is 11.9. The third-order valence-electron chi connectivity index (χ3n) is 3.67. The van der Waals surface area contributed by atoms with Gasteiger partial charge in [0.05, 0.1) is 14.2 Å². The fraction of sp³-hybridized carbons (Fsp3) is 0.150. The number of aromatic nitrogens is 2. The number of methoxy groups -OCH3 is 2. The molecule has 7 nitrogen and oxygen atoms in total. The SMILES string of the molecule is COc1ccc(/C=C/C(=O)OCc2nnc(-c3ccccc3)o2)c(OC)c1. The van der Waals surface area contributed by atoms with Gasteiger partial charge in [-0.05, 0) is 30.3 Å². The average Bonchev–Trinajstić information content (AvgIpc) is 3.20. The van der Waals surface area contributed by atoms with Crippen LogP contribution >= 0.6 is 0 Å². The normalized spacial score (nSPS) is 10.7. The van der Waals surface area contributed by atoms with Crippen molar-refractivity contribution in [1.82, 2.24) is 10.2 Å². The summed E-state index contributed by atoms with van der Waals surface area (Å²) in [6.45, 7) is -0.108. The molecule has 0 fully saturated rings. The second-order valence-corrected chi connectivity index (χ2v) is 5.42. The van der Waals surface area contributed by atoms with Crippen molar-refractivity contribution in [2.24, 2.45) is 0 Å². The number of rotatable bonds is 7. The second kappa shape index (κ2) is 8.66. The number of ether oxygens (including phenoxy) is 3. The molecule has 0 spiro atoms. The highest BCUT2D eigenvalue weighted by Gasteiger charge is 2.10. The van der Waals surface area contributed by atoms with Crippen molar-refractivity contribution in [2.45, 2.75) is 6.61 Å². The summed E-state index contributed by atoms with van der Waals surface area (Å²) in [7, 11) is 3.12. The van der Waals surface area contributed by atoms with Gasteiger partial charge in [0, 0.05) is 23.3 Å². The van der Waals surface area contributed by atoms with E-state index < -0.39 is 5.97 Å². The van der Waals surface area contributed by atoms with Gasteiger partial charge in [0.15, 0.2) is 6.61 Å². The molecule has 3 aromatic rings. The minimum Gasteiger partial charge on any atom is -0.497 e. The molecular weight excluding hydrogens is 348 g/mol. The van der Waals surface area contributed by atoms with Crippen LogP contribution in [0.3, 0.4) is 0 Å². The Morgan fingerprint density at radius 2 is 1.89 bits per heavy atom. The molecule has 0 amide bonds. The Labute approximate surface area is 156 Å². The molecule has 0 aliphatic carbocycles. The summed E-state index contributed by atoms with van der Waals surface area (Å²) in [5.41, 5.74) is 1.52. The third-order valence-corrected chi connectivity index (χ3v) is 3.67. The number of hydrogen-bond acceptors (Lipinski definition) is 7. The Bertz CT molecular complexity index is 935. The zero-order valence-electron chi connectivity index (χ0n) is 14.9. The quantitative estimate of drug-likeness (QED) is 0.467. The van der Waals surface area contributed by atoms with Gasteiger partial charge in [-0.3, -0.25) is 0 Å². The lowest BCUT2D eigenvalue weighted by Crippen LogP contribution is -2.01. The van der Waals surface area contributed by atoms with Gasteiger partial charge in [0.1, 0.15) is 11.5 Å². The number of esters is 1. The van der Waals surface area contributed by atoms with Gasteiger partial charge in [0.25, 0.3) is 5.89 Å². The molecule has 0 saturated carbocycles. The molecular formula is C20H18N2O5. The van der Waals surface area contributed by atoms with E-state index in [9.17, 15) is 4.79 Å². The fourth-order valence-electron chi connectivity index (χ4n) is 2.30. The average molecular weight is 366 g/mol. The first-order valence-electron chi connectivity index (χ1n) is 8.14. The molecule has 27 heavy (non-hydrogen) atoms. The maximum atomic E-state index is 11.9. The minimum atomic E-state index is -0.535. The minimum absolute atomic E-state index is 0.108. The lowest BCUT2D eigenvalue weighted by atomic mass is 10.2. The van der Waals surface area contributed by atoms with Crippen LogP contribution in [0.25, 0.3) is 17.5 Å². The van der Waals surface area contributed by atoms with Crippen molar-refractivity contribution in [1.29, 1.82) is 0 Å². The second-order valence-electron chi connectivity index (χ2n) is 5.42. The van der Waals surface area contributed by atoms with Crippen molar-refractivity contribution in [3.8, 4) is 23.0 Å². The summed E-state index contributed by atoms with van der Waals surface area (Å²) < 4.78 is 21.0. The topological polar surface area (TPSA) is 83.7 Å². The molecule has 0 bridgehead atoms. The smallest absolute Gasteiger partial charge is 0.331 e. The van der Waals surface area contributed by atoms with E-state index in [0.717, 1.165) is 11.1 Å². The van der Waals surface area contributed by atoms with Crippen LogP contribution in [-0.4, -0.2) is 30.4 Å². The molecule has 138 valence electrons. The predicted octanol–water partition coefficient (Wildman–Crippen LogP) is 3.51. The Morgan fingerprint density at radius 1 is 1.07 bits per heavy atom. The van der Waals surface area contributed by atoms with E-state index in [4.69, 9.17) is 18.6 Å². The summed E-state index contributed by atoms with van der Waals surface area (Å²) in [5, 5.41) is 7.82. The molecule has 0 N–H and O–H groups in total. The first kappa shape index (κ1) is 18.2. The molecule has 1 aromatic heterocycles. The summed E-state index contributed by atoms with van der Waals surface area (Å²) in [4.78, 5) is 11.9. The van der Waals surface area contributed by atoms with Crippen molar-refractivity contribution >= 4 is 12.0 Å². The molecule has 7 heteroatoms. The molecule has 0 atom stereocenters. The van der Waals surface area contributed by atoms with Crippen molar-refractivity contribution in [3.63, 3.8) is 0 Å². The summed E-state index contributed by atoms with van der Waals surface area (Å²) in [6, 6.07) is 14.6. The maximum Gasteiger partial charge on any atom is 0.331 e. The van der Waals surface area contributed by atoms with Gasteiger partial charge < -0.3 is 18.6 Å². The van der Waals surface area contributed by atoms with Crippen LogP contribution in [0.1, 0.15) is 11.5 Å². The molecule has 0 aliphatic rings. The molecule has 0 radical (unpaired) electrons. The monoisotopic (exact) mass is 366 g/mol. The zero-order chi connectivity index (χ0) is 19.1. The summed E-state index contributed by atoms with van der Waals surface area (Å²) in [5.74, 6) is 1.31. The van der Waals surface area contributed by atoms with E-state index in [1.807, 2.05) is 30.3 Å². The van der Waals surface area contributed by atoms with Crippen LogP contribution in [0.5, 0.6) is 11.5 Å². The van der Waals surface area contributed by atoms with Gasteiger partial charge >= 0.3 is 5.97 Å².